The molecule has 2 amide bonds. The maximum absolute atomic E-state index is 13.1. The SMILES string of the molecule is COc1ccc2c(c1)C(c1ccc(Cl)cc1)=NC(CC(=O)NCC(=O)NCc1ccc(B(O)O)cc1)c1nnc(C)n1-2. The van der Waals surface area contributed by atoms with Crippen LogP contribution < -0.4 is 20.8 Å². The number of aromatic nitrogens is 3. The van der Waals surface area contributed by atoms with Crippen LogP contribution in [0.25, 0.3) is 5.69 Å². The van der Waals surface area contributed by atoms with Crippen LogP contribution in [0.4, 0.5) is 0 Å². The molecule has 4 N–H and O–H groups in total. The van der Waals surface area contributed by atoms with E-state index in [1.807, 2.05) is 41.8 Å². The van der Waals surface area contributed by atoms with Crippen LogP contribution in [0.2, 0.25) is 5.02 Å². The number of halogens is 1. The van der Waals surface area contributed by atoms with Gasteiger partial charge in [0.05, 0.1) is 31.5 Å². The Kier molecular flexibility index (Phi) is 8.67. The Bertz CT molecular complexity index is 1640. The summed E-state index contributed by atoms with van der Waals surface area (Å²) >= 11 is 6.15. The Hall–Kier alpha value is -4.52. The molecule has 0 fully saturated rings. The van der Waals surface area contributed by atoms with Crippen molar-refractivity contribution in [2.75, 3.05) is 13.7 Å². The monoisotopic (exact) mass is 586 g/mol. The zero-order chi connectivity index (χ0) is 29.8. The zero-order valence-corrected chi connectivity index (χ0v) is 23.7. The molecule has 1 aliphatic rings. The highest BCUT2D eigenvalue weighted by Crippen LogP contribution is 2.34. The van der Waals surface area contributed by atoms with E-state index in [2.05, 4.69) is 20.8 Å². The Labute approximate surface area is 247 Å². The third kappa shape index (κ3) is 6.36. The Balaban J connectivity index is 1.34. The van der Waals surface area contributed by atoms with E-state index in [0.29, 0.717) is 33.6 Å². The van der Waals surface area contributed by atoms with Crippen molar-refractivity contribution in [3.8, 4) is 11.4 Å². The van der Waals surface area contributed by atoms with Crippen LogP contribution in [0.15, 0.2) is 71.7 Å². The second-order valence-electron chi connectivity index (χ2n) is 9.70. The van der Waals surface area contributed by atoms with Crippen molar-refractivity contribution >= 4 is 41.7 Å². The third-order valence-electron chi connectivity index (χ3n) is 6.84. The molecule has 214 valence electrons. The topological polar surface area (TPSA) is 151 Å². The first-order valence-electron chi connectivity index (χ1n) is 13.2. The number of aliphatic imine (C=N–C) groups is 1. The van der Waals surface area contributed by atoms with Crippen LogP contribution in [0, 0.1) is 6.92 Å². The van der Waals surface area contributed by atoms with E-state index in [4.69, 9.17) is 21.3 Å². The van der Waals surface area contributed by atoms with Gasteiger partial charge in [-0.25, -0.2) is 0 Å². The van der Waals surface area contributed by atoms with E-state index >= 15 is 0 Å². The molecular formula is C29H28BClN6O5. The van der Waals surface area contributed by atoms with E-state index in [-0.39, 0.29) is 31.3 Å². The molecule has 42 heavy (non-hydrogen) atoms. The minimum Gasteiger partial charge on any atom is -0.497 e. The predicted molar refractivity (Wildman–Crippen MR) is 158 cm³/mol. The second-order valence-corrected chi connectivity index (χ2v) is 10.1. The highest BCUT2D eigenvalue weighted by molar-refractivity contribution is 6.58. The Morgan fingerprint density at radius 2 is 1.74 bits per heavy atom. The second kappa shape index (κ2) is 12.6. The summed E-state index contributed by atoms with van der Waals surface area (Å²) < 4.78 is 7.38. The van der Waals surface area contributed by atoms with Crippen molar-refractivity contribution in [3.05, 3.63) is 100 Å². The van der Waals surface area contributed by atoms with E-state index in [9.17, 15) is 19.6 Å². The van der Waals surface area contributed by atoms with Gasteiger partial charge in [-0.05, 0) is 48.3 Å². The molecule has 0 aliphatic carbocycles. The van der Waals surface area contributed by atoms with Crippen molar-refractivity contribution in [2.45, 2.75) is 25.9 Å². The summed E-state index contributed by atoms with van der Waals surface area (Å²) in [6.07, 6.45) is -0.0709. The standard InChI is InChI=1S/C29H28BClN6O5/c1-17-35-36-29-24(14-26(38)33-16-27(39)32-15-18-3-7-20(8-4-18)30(40)41)34-28(19-5-9-21(31)10-6-19)23-13-22(42-2)11-12-25(23)37(17)29/h3-13,24,40-41H,14-16H2,1-2H3,(H,32,39)(H,33,38). The smallest absolute Gasteiger partial charge is 0.488 e. The van der Waals surface area contributed by atoms with Crippen molar-refractivity contribution < 1.29 is 24.4 Å². The number of carbonyl (C=O) groups excluding carboxylic acids is 2. The van der Waals surface area contributed by atoms with Crippen molar-refractivity contribution in [3.63, 3.8) is 0 Å². The number of carbonyl (C=O) groups is 2. The summed E-state index contributed by atoms with van der Waals surface area (Å²) in [5.74, 6) is 1.02. The largest absolute Gasteiger partial charge is 0.497 e. The lowest BCUT2D eigenvalue weighted by atomic mass is 9.80. The maximum atomic E-state index is 13.1. The fraction of sp³-hybridized carbons (Fsp3) is 0.207. The predicted octanol–water partition coefficient (Wildman–Crippen LogP) is 1.63. The van der Waals surface area contributed by atoms with Gasteiger partial charge in [0.25, 0.3) is 0 Å². The number of nitrogens with zero attached hydrogens (tertiary/aromatic N) is 4. The van der Waals surface area contributed by atoms with E-state index in [0.717, 1.165) is 22.4 Å². The number of rotatable bonds is 9. The fourth-order valence-electron chi connectivity index (χ4n) is 4.67. The number of hydrogen-bond acceptors (Lipinski definition) is 8. The molecule has 0 radical (unpaired) electrons. The molecule has 1 aliphatic heterocycles. The molecule has 1 unspecified atom stereocenters. The number of aryl methyl sites for hydroxylation is 1. The van der Waals surface area contributed by atoms with Gasteiger partial charge < -0.3 is 25.4 Å². The summed E-state index contributed by atoms with van der Waals surface area (Å²) in [6.45, 7) is 1.83. The lowest BCUT2D eigenvalue weighted by Gasteiger charge is -2.14. The summed E-state index contributed by atoms with van der Waals surface area (Å²) in [5, 5.41) is 33.0. The molecule has 13 heteroatoms. The van der Waals surface area contributed by atoms with E-state index in [1.54, 1.807) is 43.5 Å². The highest BCUT2D eigenvalue weighted by Gasteiger charge is 2.30. The van der Waals surface area contributed by atoms with Crippen LogP contribution in [0.3, 0.4) is 0 Å². The molecule has 0 spiro atoms. The summed E-state index contributed by atoms with van der Waals surface area (Å²) in [4.78, 5) is 30.5. The molecule has 1 aromatic heterocycles. The molecule has 0 saturated heterocycles. The molecule has 0 bridgehead atoms. The quantitative estimate of drug-likeness (QED) is 0.218. The van der Waals surface area contributed by atoms with Gasteiger partial charge in [0.1, 0.15) is 17.6 Å². The molecule has 4 aromatic rings. The normalized spacial score (nSPS) is 13.7. The first kappa shape index (κ1) is 29.0. The van der Waals surface area contributed by atoms with Crippen LogP contribution in [-0.4, -0.2) is 63.1 Å². The van der Waals surface area contributed by atoms with Crippen molar-refractivity contribution in [1.82, 2.24) is 25.4 Å². The van der Waals surface area contributed by atoms with Gasteiger partial charge in [-0.15, -0.1) is 10.2 Å². The molecule has 5 rings (SSSR count). The molecule has 2 heterocycles. The van der Waals surface area contributed by atoms with E-state index in [1.165, 1.54) is 0 Å². The van der Waals surface area contributed by atoms with Gasteiger partial charge in [-0.1, -0.05) is 48.0 Å². The van der Waals surface area contributed by atoms with Gasteiger partial charge in [-0.3, -0.25) is 19.1 Å². The summed E-state index contributed by atoms with van der Waals surface area (Å²) in [7, 11) is 0.0349. The van der Waals surface area contributed by atoms with Gasteiger partial charge in [-0.2, -0.15) is 0 Å². The molecule has 1 atom stereocenters. The van der Waals surface area contributed by atoms with E-state index < -0.39 is 13.2 Å². The molecule has 11 nitrogen and oxygen atoms in total. The van der Waals surface area contributed by atoms with Crippen LogP contribution in [-0.2, 0) is 16.1 Å². The van der Waals surface area contributed by atoms with Gasteiger partial charge in [0, 0.05) is 22.7 Å². The number of methoxy groups -OCH3 is 1. The minimum absolute atomic E-state index is 0.0709. The third-order valence-corrected chi connectivity index (χ3v) is 7.09. The fourth-order valence-corrected chi connectivity index (χ4v) is 4.80. The Morgan fingerprint density at radius 1 is 1.00 bits per heavy atom. The van der Waals surface area contributed by atoms with Crippen LogP contribution in [0.1, 0.15) is 40.8 Å². The van der Waals surface area contributed by atoms with Crippen LogP contribution in [0.5, 0.6) is 5.75 Å². The van der Waals surface area contributed by atoms with Gasteiger partial charge >= 0.3 is 7.12 Å². The van der Waals surface area contributed by atoms with Gasteiger partial charge in [0.2, 0.25) is 11.8 Å². The number of benzene rings is 3. The highest BCUT2D eigenvalue weighted by atomic mass is 35.5. The maximum Gasteiger partial charge on any atom is 0.488 e. The molecule has 3 aromatic carbocycles. The van der Waals surface area contributed by atoms with Crippen molar-refractivity contribution in [1.29, 1.82) is 0 Å². The van der Waals surface area contributed by atoms with Crippen LogP contribution >= 0.6 is 11.6 Å². The summed E-state index contributed by atoms with van der Waals surface area (Å²) in [6, 6.07) is 18.7. The number of hydrogen-bond donors (Lipinski definition) is 4. The van der Waals surface area contributed by atoms with Gasteiger partial charge in [0.15, 0.2) is 5.82 Å². The number of fused-ring (bicyclic) bond motifs is 3. The number of amides is 2. The number of nitrogens with one attached hydrogen (secondary N) is 2. The van der Waals surface area contributed by atoms with Crippen molar-refractivity contribution in [2.24, 2.45) is 4.99 Å². The summed E-state index contributed by atoms with van der Waals surface area (Å²) in [5.41, 5.74) is 4.14. The lowest BCUT2D eigenvalue weighted by molar-refractivity contribution is -0.126. The first-order valence-corrected chi connectivity index (χ1v) is 13.5. The minimum atomic E-state index is -1.56. The lowest BCUT2D eigenvalue weighted by Crippen LogP contribution is -2.37. The average molecular weight is 587 g/mol. The molecular weight excluding hydrogens is 559 g/mol. The zero-order valence-electron chi connectivity index (χ0n) is 22.9. The Morgan fingerprint density at radius 3 is 2.43 bits per heavy atom. The first-order chi connectivity index (χ1) is 20.2. The number of ether oxygens (including phenoxy) is 1. The molecule has 0 saturated carbocycles. The average Bonchev–Trinajstić information content (AvgIpc) is 3.32.